The maximum absolute atomic E-state index is 12.6. The molecule has 1 aromatic heterocycles. The number of carboxylic acid groups (broad SMARTS) is 8. The third-order valence-electron chi connectivity index (χ3n) is 18.4. The fourth-order valence-electron chi connectivity index (χ4n) is 12.9. The van der Waals surface area contributed by atoms with E-state index in [1.807, 2.05) is 176 Å². The number of fused-ring (bicyclic) bond motifs is 1. The molecular formula is C89H103Cl4N5O19S2. The number of ether oxygens (including phenoxy) is 1. The summed E-state index contributed by atoms with van der Waals surface area (Å²) in [4.78, 5) is 93.0. The van der Waals surface area contributed by atoms with Crippen LogP contribution in [-0.4, -0.2) is 145 Å². The number of halogens is 4. The maximum atomic E-state index is 12.6. The maximum Gasteiger partial charge on any atom is 0.321 e. The van der Waals surface area contributed by atoms with Gasteiger partial charge in [-0.3, -0.25) is 64.3 Å². The summed E-state index contributed by atoms with van der Waals surface area (Å²) >= 11 is 25.9. The highest BCUT2D eigenvalue weighted by Crippen LogP contribution is 2.31. The van der Waals surface area contributed by atoms with E-state index < -0.39 is 106 Å². The molecular weight excluding hydrogens is 1650 g/mol. The molecule has 0 radical (unpaired) electrons. The minimum Gasteiger partial charge on any atom is -0.489 e. The van der Waals surface area contributed by atoms with Gasteiger partial charge >= 0.3 is 47.8 Å². The molecule has 24 nitrogen and oxygen atoms in total. The lowest BCUT2D eigenvalue weighted by atomic mass is 9.98. The highest BCUT2D eigenvalue weighted by molar-refractivity contribution is 7.92. The fraction of sp³-hybridized carbons (Fsp3) is 0.348. The summed E-state index contributed by atoms with van der Waals surface area (Å²) in [6.07, 6.45) is 3.07. The molecule has 1 heterocycles. The van der Waals surface area contributed by atoms with Gasteiger partial charge in [0.25, 0.3) is 10.0 Å². The lowest BCUT2D eigenvalue weighted by molar-refractivity contribution is -0.144. The molecule has 0 saturated heterocycles. The van der Waals surface area contributed by atoms with Crippen LogP contribution in [0.4, 0.5) is 5.69 Å². The molecule has 0 bridgehead atoms. The van der Waals surface area contributed by atoms with Crippen LogP contribution in [0.2, 0.25) is 20.1 Å². The van der Waals surface area contributed by atoms with Gasteiger partial charge in [-0.1, -0.05) is 211 Å². The zero-order valence-corrected chi connectivity index (χ0v) is 71.7. The van der Waals surface area contributed by atoms with E-state index in [2.05, 4.69) is 26.0 Å². The third-order valence-corrected chi connectivity index (χ3v) is 21.7. The van der Waals surface area contributed by atoms with Crippen LogP contribution in [0.5, 0.6) is 5.75 Å². The lowest BCUT2D eigenvalue weighted by Crippen LogP contribution is -2.48. The second kappa shape index (κ2) is 48.3. The Morgan fingerprint density at radius 1 is 0.353 bits per heavy atom. The molecule has 0 aliphatic carbocycles. The van der Waals surface area contributed by atoms with Crippen LogP contribution in [-0.2, 0) is 93.5 Å². The minimum absolute atomic E-state index is 0.0537. The summed E-state index contributed by atoms with van der Waals surface area (Å²) in [6, 6.07) is 47.5. The van der Waals surface area contributed by atoms with E-state index in [4.69, 9.17) is 51.1 Å². The van der Waals surface area contributed by atoms with Crippen molar-refractivity contribution in [2.24, 2.45) is 23.7 Å². The molecule has 0 aliphatic heterocycles. The minimum atomic E-state index is -3.86. The Hall–Kier alpha value is -9.97. The van der Waals surface area contributed by atoms with Gasteiger partial charge in [0.15, 0.2) is 0 Å². The number of aliphatic carboxylic acids is 8. The predicted octanol–water partition coefficient (Wildman–Crippen LogP) is 16.5. The smallest absolute Gasteiger partial charge is 0.321 e. The number of carbonyl (C=O) groups is 8. The predicted molar refractivity (Wildman–Crippen MR) is 464 cm³/mol. The van der Waals surface area contributed by atoms with Gasteiger partial charge in [-0.05, 0) is 210 Å². The normalized spacial score (nSPS) is 13.3. The Morgan fingerprint density at radius 3 is 1.14 bits per heavy atom. The van der Waals surface area contributed by atoms with Gasteiger partial charge < -0.3 is 45.6 Å². The van der Waals surface area contributed by atoms with Gasteiger partial charge in [0.05, 0.1) is 10.6 Å². The first-order chi connectivity index (χ1) is 56.2. The summed E-state index contributed by atoms with van der Waals surface area (Å²) in [5.74, 6) is -7.64. The largest absolute Gasteiger partial charge is 0.489 e. The van der Waals surface area contributed by atoms with Crippen molar-refractivity contribution in [1.29, 1.82) is 0 Å². The van der Waals surface area contributed by atoms with Crippen LogP contribution >= 0.6 is 57.7 Å². The van der Waals surface area contributed by atoms with Gasteiger partial charge in [0.2, 0.25) is 0 Å². The monoisotopic (exact) mass is 1750 g/mol. The molecule has 0 aliphatic rings. The van der Waals surface area contributed by atoms with Crippen molar-refractivity contribution in [2.75, 3.05) is 4.72 Å². The first kappa shape index (κ1) is 97.9. The van der Waals surface area contributed by atoms with E-state index in [0.29, 0.717) is 70.1 Å². The van der Waals surface area contributed by atoms with E-state index in [9.17, 15) is 87.6 Å². The first-order valence-corrected chi connectivity index (χ1v) is 42.3. The van der Waals surface area contributed by atoms with Crippen molar-refractivity contribution in [3.63, 3.8) is 0 Å². The molecule has 119 heavy (non-hydrogen) atoms. The number of rotatable bonds is 42. The van der Waals surface area contributed by atoms with Crippen molar-refractivity contribution in [2.45, 2.75) is 179 Å². The Kier molecular flexibility index (Phi) is 39.7. The van der Waals surface area contributed by atoms with Crippen molar-refractivity contribution < 1.29 is 92.4 Å². The van der Waals surface area contributed by atoms with Gasteiger partial charge in [-0.15, -0.1) is 11.3 Å². The van der Waals surface area contributed by atoms with E-state index >= 15 is 0 Å². The summed E-state index contributed by atoms with van der Waals surface area (Å²) in [5.41, 5.74) is 8.15. The number of hydrogen-bond donors (Lipinski definition) is 13. The molecule has 638 valence electrons. The number of sulfonamides is 1. The highest BCUT2D eigenvalue weighted by Gasteiger charge is 2.32. The molecule has 8 aromatic carbocycles. The van der Waals surface area contributed by atoms with Gasteiger partial charge in [0.1, 0.15) is 60.7 Å². The zero-order chi connectivity index (χ0) is 87.8. The summed E-state index contributed by atoms with van der Waals surface area (Å²) in [6.45, 7) is 15.5. The van der Waals surface area contributed by atoms with Crippen LogP contribution in [0.3, 0.4) is 0 Å². The number of benzene rings is 8. The first-order valence-electron chi connectivity index (χ1n) is 38.5. The molecule has 9 rings (SSSR count). The summed E-state index contributed by atoms with van der Waals surface area (Å²) < 4.78 is 34.9. The van der Waals surface area contributed by atoms with E-state index in [1.165, 1.54) is 18.2 Å². The van der Waals surface area contributed by atoms with E-state index in [1.54, 1.807) is 65.9 Å². The molecule has 0 amide bonds. The van der Waals surface area contributed by atoms with Crippen molar-refractivity contribution in [3.05, 3.63) is 264 Å². The SMILES string of the molecule is CC(C)CC(NC(Cc1cccc(Cc2cc(Cl)cc(Cl)c2)c1)C(=O)O)C(=O)O.CC(C)CC(NC(Cc1cccc(Cc2cccc(Cl)c2)c1)C(=O)O)C(=O)O.CC(C)CC(NC(Cc1cccc(OCc2csc3ccc(Cl)cc23)c1)C(=O)O)C(=O)O.CC(C)CC(NC(Cc1ccccc1NS(=O)(=O)c1ccccc1)C(=O)O)C(=O)O. The average molecular weight is 1750 g/mol. The number of thiophene rings is 1. The summed E-state index contributed by atoms with van der Waals surface area (Å²) in [5, 5.41) is 92.6. The van der Waals surface area contributed by atoms with Gasteiger partial charge in [-0.2, -0.15) is 0 Å². The Balaban J connectivity index is 0.000000246. The van der Waals surface area contributed by atoms with Crippen LogP contribution in [0, 0.1) is 23.7 Å². The van der Waals surface area contributed by atoms with Gasteiger partial charge in [-0.25, -0.2) is 8.42 Å². The number of hydrogen-bond acceptors (Lipinski definition) is 16. The van der Waals surface area contributed by atoms with Gasteiger partial charge in [0, 0.05) is 42.2 Å². The Morgan fingerprint density at radius 2 is 0.714 bits per heavy atom. The zero-order valence-electron chi connectivity index (χ0n) is 67.1. The molecule has 8 atom stereocenters. The molecule has 8 unspecified atom stereocenters. The summed E-state index contributed by atoms with van der Waals surface area (Å²) in [7, 11) is -3.86. The third kappa shape index (κ3) is 34.7. The molecule has 0 spiro atoms. The lowest BCUT2D eigenvalue weighted by Gasteiger charge is -2.22. The molecule has 30 heteroatoms. The number of carboxylic acids is 8. The van der Waals surface area contributed by atoms with Crippen LogP contribution in [0.15, 0.2) is 198 Å². The topological polar surface area (TPSA) is 402 Å². The quantitative estimate of drug-likeness (QED) is 0.0169. The van der Waals surface area contributed by atoms with Crippen molar-refractivity contribution in [1.82, 2.24) is 21.3 Å². The number of nitrogens with one attached hydrogen (secondary N) is 5. The second-order valence-corrected chi connectivity index (χ2v) is 34.8. The van der Waals surface area contributed by atoms with Crippen LogP contribution < -0.4 is 30.7 Å². The Labute approximate surface area is 717 Å². The standard InChI is InChI=1S/C24H26ClNO5S.C22H25Cl2NO4.C22H26ClNO4.C21H26N2O6S/c1-14(2)8-20(23(27)28)26-21(24(29)30)10-15-4-3-5-18(9-15)31-12-16-13-32-22-7-6-17(25)11-19(16)22;1-13(2)6-19(21(26)27)25-20(22(28)29)11-15-5-3-4-14(7-15)8-16-9-17(23)12-18(24)10-16;1-14(2)9-19(21(25)26)24-20(22(27)28)13-17-6-3-5-15(11-17)10-16-7-4-8-18(23)12-16;1-14(2)12-18(20(24)25)22-19(21(26)27)13-15-8-6-7-11-17(15)23-30(28,29)16-9-4-3-5-10-16/h3-7,9,11,13-14,20-21,26H,8,10,12H2,1-2H3,(H,27,28)(H,29,30);3-5,7,9-10,12-13,19-20,25H,6,8,11H2,1-2H3,(H,26,27)(H,28,29);3-8,11-12,14,19-20,24H,9-10,13H2,1-2H3,(H,25,26)(H,27,28);3-11,14,18-19,22-23H,12-13H2,1-2H3,(H,24,25)(H,26,27). The van der Waals surface area contributed by atoms with E-state index in [-0.39, 0.29) is 66.4 Å². The number of anilines is 1. The van der Waals surface area contributed by atoms with E-state index in [0.717, 1.165) is 54.6 Å². The highest BCUT2D eigenvalue weighted by atomic mass is 35.5. The van der Waals surface area contributed by atoms with Crippen molar-refractivity contribution in [3.8, 4) is 5.75 Å². The average Bonchev–Trinajstić information content (AvgIpc) is 1.54. The molecule has 0 fully saturated rings. The molecule has 13 N–H and O–H groups in total. The molecule has 0 saturated carbocycles. The fourth-order valence-corrected chi connectivity index (χ4v) is 15.9. The Bertz CT molecular complexity index is 4970. The number of para-hydroxylation sites is 1. The second-order valence-electron chi connectivity index (χ2n) is 30.4. The van der Waals surface area contributed by atoms with Crippen molar-refractivity contribution >= 4 is 131 Å². The van der Waals surface area contributed by atoms with Crippen LogP contribution in [0.25, 0.3) is 10.1 Å². The van der Waals surface area contributed by atoms with Crippen LogP contribution in [0.1, 0.15) is 131 Å². The molecule has 9 aromatic rings.